The van der Waals surface area contributed by atoms with Crippen LogP contribution in [0.2, 0.25) is 0 Å². The summed E-state index contributed by atoms with van der Waals surface area (Å²) in [5.74, 6) is -0.280. The molecule has 0 saturated heterocycles. The van der Waals surface area contributed by atoms with E-state index >= 15 is 0 Å². The first kappa shape index (κ1) is 23.8. The van der Waals surface area contributed by atoms with E-state index in [0.717, 1.165) is 42.5 Å². The number of imidazole rings is 1. The van der Waals surface area contributed by atoms with Crippen LogP contribution < -0.4 is 5.32 Å². The maximum atomic E-state index is 13.1. The van der Waals surface area contributed by atoms with Crippen LogP contribution in [0.15, 0.2) is 48.5 Å². The van der Waals surface area contributed by atoms with Crippen LogP contribution in [-0.2, 0) is 12.7 Å². The van der Waals surface area contributed by atoms with Crippen LogP contribution in [-0.4, -0.2) is 37.1 Å². The number of fused-ring (bicyclic) bond motifs is 1. The number of aryl methyl sites for hydroxylation is 1. The van der Waals surface area contributed by atoms with Crippen LogP contribution in [0, 0.1) is 12.8 Å². The summed E-state index contributed by atoms with van der Waals surface area (Å²) in [4.78, 5) is 24.9. The largest absolute Gasteiger partial charge is 0.475 e. The second-order valence-electron chi connectivity index (χ2n) is 9.14. The van der Waals surface area contributed by atoms with Crippen molar-refractivity contribution in [3.05, 3.63) is 71.0 Å². The monoisotopic (exact) mass is 495 g/mol. The zero-order chi connectivity index (χ0) is 25.4. The predicted molar refractivity (Wildman–Crippen MR) is 129 cm³/mol. The van der Waals surface area contributed by atoms with Gasteiger partial charge in [-0.05, 0) is 49.4 Å². The third-order valence-electron chi connectivity index (χ3n) is 6.48. The number of carboxylic acids is 1. The van der Waals surface area contributed by atoms with Crippen molar-refractivity contribution in [1.29, 1.82) is 0 Å². The zero-order valence-corrected chi connectivity index (χ0v) is 19.5. The van der Waals surface area contributed by atoms with Gasteiger partial charge in [-0.15, -0.1) is 0 Å². The highest BCUT2D eigenvalue weighted by Crippen LogP contribution is 2.33. The molecule has 4 aromatic rings. The van der Waals surface area contributed by atoms with Crippen molar-refractivity contribution in [2.45, 2.75) is 38.9 Å². The van der Waals surface area contributed by atoms with Gasteiger partial charge in [0.25, 0.3) is 0 Å². The lowest BCUT2D eigenvalue weighted by molar-refractivity contribution is -0.137. The normalized spacial score (nSPS) is 14.1. The molecule has 0 atom stereocenters. The minimum Gasteiger partial charge on any atom is -0.475 e. The molecule has 0 radical (unpaired) electrons. The number of aromatic nitrogens is 4. The zero-order valence-electron chi connectivity index (χ0n) is 19.5. The van der Waals surface area contributed by atoms with Gasteiger partial charge in [0, 0.05) is 18.7 Å². The molecule has 5 rings (SSSR count). The first-order valence-corrected chi connectivity index (χ1v) is 11.7. The average molecular weight is 496 g/mol. The second-order valence-corrected chi connectivity index (χ2v) is 9.14. The van der Waals surface area contributed by atoms with Crippen molar-refractivity contribution in [1.82, 2.24) is 19.5 Å². The Kier molecular flexibility index (Phi) is 6.11. The molecule has 1 aliphatic rings. The van der Waals surface area contributed by atoms with Crippen molar-refractivity contribution in [2.24, 2.45) is 5.92 Å². The number of carboxylic acid groups (broad SMARTS) is 1. The van der Waals surface area contributed by atoms with Gasteiger partial charge in [-0.25, -0.2) is 19.7 Å². The summed E-state index contributed by atoms with van der Waals surface area (Å²) >= 11 is 0. The number of anilines is 1. The third-order valence-corrected chi connectivity index (χ3v) is 6.48. The van der Waals surface area contributed by atoms with Gasteiger partial charge >= 0.3 is 12.1 Å². The third kappa shape index (κ3) is 4.75. The van der Waals surface area contributed by atoms with Crippen LogP contribution in [0.3, 0.4) is 0 Å². The fraction of sp³-hybridized carbons (Fsp3) is 0.308. The summed E-state index contributed by atoms with van der Waals surface area (Å²) in [6, 6.07) is 12.6. The van der Waals surface area contributed by atoms with Crippen LogP contribution in [0.4, 0.5) is 19.0 Å². The van der Waals surface area contributed by atoms with Gasteiger partial charge in [-0.2, -0.15) is 13.2 Å². The Bertz CT molecular complexity index is 1430. The van der Waals surface area contributed by atoms with E-state index in [4.69, 9.17) is 0 Å². The highest BCUT2D eigenvalue weighted by atomic mass is 19.4. The van der Waals surface area contributed by atoms with E-state index in [2.05, 4.69) is 20.3 Å². The Morgan fingerprint density at radius 1 is 1.11 bits per heavy atom. The molecule has 0 spiro atoms. The number of halogens is 3. The van der Waals surface area contributed by atoms with Crippen molar-refractivity contribution >= 4 is 23.0 Å². The van der Waals surface area contributed by atoms with Gasteiger partial charge in [0.1, 0.15) is 11.3 Å². The Labute approximate surface area is 205 Å². The van der Waals surface area contributed by atoms with Crippen molar-refractivity contribution in [3.63, 3.8) is 0 Å². The lowest BCUT2D eigenvalue weighted by atomic mass is 9.85. The highest BCUT2D eigenvalue weighted by molar-refractivity contribution is 5.92. The number of nitrogens with zero attached hydrogens (tertiary/aromatic N) is 4. The minimum atomic E-state index is -4.42. The summed E-state index contributed by atoms with van der Waals surface area (Å²) in [6.45, 7) is 2.78. The molecule has 2 heterocycles. The lowest BCUT2D eigenvalue weighted by Gasteiger charge is -2.25. The minimum absolute atomic E-state index is 0.200. The summed E-state index contributed by atoms with van der Waals surface area (Å²) < 4.78 is 41.1. The predicted octanol–water partition coefficient (Wildman–Crippen LogP) is 5.78. The van der Waals surface area contributed by atoms with Gasteiger partial charge in [0.05, 0.1) is 5.56 Å². The number of rotatable bonds is 7. The van der Waals surface area contributed by atoms with E-state index in [1.54, 1.807) is 0 Å². The summed E-state index contributed by atoms with van der Waals surface area (Å²) in [6.07, 6.45) is -1.08. The van der Waals surface area contributed by atoms with Gasteiger partial charge in [-0.1, -0.05) is 42.3 Å². The Balaban J connectivity index is 1.66. The van der Waals surface area contributed by atoms with Gasteiger partial charge in [0.15, 0.2) is 11.5 Å². The number of alkyl halides is 3. The molecule has 1 saturated carbocycles. The standard InChI is InChI=1S/C26H24F3N5O2/c1-15-4-2-7-18(12-15)24-33-22-20(34(24)14-17-8-10-19(11-9-17)26(27,28)29)21(30-13-16-5-3-6-16)31-23(32-22)25(35)36/h2,4,7-12,16H,3,5-6,13-14H2,1H3,(H,35,36)(H,30,31,32). The lowest BCUT2D eigenvalue weighted by Crippen LogP contribution is -2.22. The molecule has 2 aromatic heterocycles. The molecule has 10 heteroatoms. The molecule has 2 aromatic carbocycles. The van der Waals surface area contributed by atoms with Gasteiger partial charge in [-0.3, -0.25) is 0 Å². The van der Waals surface area contributed by atoms with Crippen LogP contribution in [0.1, 0.15) is 46.6 Å². The smallest absolute Gasteiger partial charge is 0.416 e. The molecule has 7 nitrogen and oxygen atoms in total. The van der Waals surface area contributed by atoms with Crippen molar-refractivity contribution in [2.75, 3.05) is 11.9 Å². The maximum absolute atomic E-state index is 13.1. The Morgan fingerprint density at radius 2 is 1.86 bits per heavy atom. The highest BCUT2D eigenvalue weighted by Gasteiger charge is 2.30. The molecule has 1 aliphatic carbocycles. The van der Waals surface area contributed by atoms with E-state index in [1.165, 1.54) is 12.1 Å². The van der Waals surface area contributed by atoms with Crippen LogP contribution in [0.25, 0.3) is 22.6 Å². The van der Waals surface area contributed by atoms with E-state index in [-0.39, 0.29) is 18.0 Å². The number of nitrogens with one attached hydrogen (secondary N) is 1. The summed E-state index contributed by atoms with van der Waals surface area (Å²) in [7, 11) is 0. The fourth-order valence-electron chi connectivity index (χ4n) is 4.33. The maximum Gasteiger partial charge on any atom is 0.416 e. The molecule has 2 N–H and O–H groups in total. The molecule has 0 unspecified atom stereocenters. The fourth-order valence-corrected chi connectivity index (χ4v) is 4.33. The van der Waals surface area contributed by atoms with Crippen molar-refractivity contribution < 1.29 is 23.1 Å². The molecule has 0 bridgehead atoms. The topological polar surface area (TPSA) is 92.9 Å². The molecule has 0 amide bonds. The van der Waals surface area contributed by atoms with Crippen LogP contribution in [0.5, 0.6) is 0 Å². The average Bonchev–Trinajstić information content (AvgIpc) is 3.16. The molecule has 186 valence electrons. The Hall–Kier alpha value is -3.95. The summed E-state index contributed by atoms with van der Waals surface area (Å²) in [5, 5.41) is 12.9. The van der Waals surface area contributed by atoms with Crippen LogP contribution >= 0.6 is 0 Å². The van der Waals surface area contributed by atoms with E-state index in [9.17, 15) is 23.1 Å². The van der Waals surface area contributed by atoms with E-state index in [1.807, 2.05) is 35.8 Å². The quantitative estimate of drug-likeness (QED) is 0.338. The molecule has 1 fully saturated rings. The van der Waals surface area contributed by atoms with Gasteiger partial charge in [0.2, 0.25) is 5.82 Å². The first-order valence-electron chi connectivity index (χ1n) is 11.7. The molecular weight excluding hydrogens is 471 g/mol. The van der Waals surface area contributed by atoms with E-state index < -0.39 is 17.7 Å². The van der Waals surface area contributed by atoms with E-state index in [0.29, 0.717) is 35.2 Å². The SMILES string of the molecule is Cc1cccc(-c2nc3nc(C(=O)O)nc(NCC4CCC4)c3n2Cc2ccc(C(F)(F)F)cc2)c1. The summed E-state index contributed by atoms with van der Waals surface area (Å²) in [5.41, 5.74) is 2.40. The van der Waals surface area contributed by atoms with Crippen molar-refractivity contribution in [3.8, 4) is 11.4 Å². The molecule has 0 aliphatic heterocycles. The molecule has 36 heavy (non-hydrogen) atoms. The number of aromatic carboxylic acids is 1. The number of benzene rings is 2. The van der Waals surface area contributed by atoms with Gasteiger partial charge < -0.3 is 15.0 Å². The Morgan fingerprint density at radius 3 is 2.47 bits per heavy atom. The number of hydrogen-bond donors (Lipinski definition) is 2. The first-order chi connectivity index (χ1) is 17.2. The number of hydrogen-bond acceptors (Lipinski definition) is 5. The number of carbonyl (C=O) groups is 1. The second kappa shape index (κ2) is 9.25. The molecular formula is C26H24F3N5O2.